The Balaban J connectivity index is 2.08. The van der Waals surface area contributed by atoms with Gasteiger partial charge in [-0.15, -0.1) is 0 Å². The topological polar surface area (TPSA) is 60.0 Å². The second-order valence-corrected chi connectivity index (χ2v) is 4.71. The van der Waals surface area contributed by atoms with E-state index in [0.717, 1.165) is 43.1 Å². The average Bonchev–Trinajstić information content (AvgIpc) is 2.78. The number of aryl methyl sites for hydroxylation is 1. The van der Waals surface area contributed by atoms with Gasteiger partial charge in [0.1, 0.15) is 12.2 Å². The number of nitrogen functional groups attached to an aromatic ring is 1. The van der Waals surface area contributed by atoms with Gasteiger partial charge in [-0.3, -0.25) is 9.58 Å². The lowest BCUT2D eigenvalue weighted by molar-refractivity contribution is 0.247. The predicted molar refractivity (Wildman–Crippen MR) is 76.3 cm³/mol. The van der Waals surface area contributed by atoms with Crippen molar-refractivity contribution < 1.29 is 0 Å². The number of nitrogens with two attached hydrogens (primary N) is 1. The predicted octanol–water partition coefficient (Wildman–Crippen LogP) is 1.81. The SMILES string of the molecule is CCCN(Cc1ccccc1N)Cc1ncnn1C. The van der Waals surface area contributed by atoms with Crippen LogP contribution >= 0.6 is 0 Å². The van der Waals surface area contributed by atoms with Crippen LogP contribution in [0.4, 0.5) is 5.69 Å². The molecule has 2 rings (SSSR count). The first-order valence-electron chi connectivity index (χ1n) is 6.59. The molecule has 1 aromatic heterocycles. The van der Waals surface area contributed by atoms with Crippen LogP contribution < -0.4 is 5.73 Å². The lowest BCUT2D eigenvalue weighted by Gasteiger charge is -2.21. The van der Waals surface area contributed by atoms with E-state index in [9.17, 15) is 0 Å². The highest BCUT2D eigenvalue weighted by Gasteiger charge is 2.10. The molecule has 0 fully saturated rings. The van der Waals surface area contributed by atoms with Crippen LogP contribution in [0.3, 0.4) is 0 Å². The van der Waals surface area contributed by atoms with E-state index in [-0.39, 0.29) is 0 Å². The lowest BCUT2D eigenvalue weighted by atomic mass is 10.1. The molecule has 2 aromatic rings. The zero-order valence-electron chi connectivity index (χ0n) is 11.6. The van der Waals surface area contributed by atoms with Crippen LogP contribution in [0.2, 0.25) is 0 Å². The summed E-state index contributed by atoms with van der Waals surface area (Å²) in [5.41, 5.74) is 8.02. The monoisotopic (exact) mass is 259 g/mol. The van der Waals surface area contributed by atoms with E-state index < -0.39 is 0 Å². The molecule has 19 heavy (non-hydrogen) atoms. The Labute approximate surface area is 114 Å². The highest BCUT2D eigenvalue weighted by molar-refractivity contribution is 5.46. The van der Waals surface area contributed by atoms with Gasteiger partial charge in [0.15, 0.2) is 0 Å². The van der Waals surface area contributed by atoms with Crippen LogP contribution in [0.25, 0.3) is 0 Å². The van der Waals surface area contributed by atoms with Gasteiger partial charge in [0, 0.05) is 19.3 Å². The number of anilines is 1. The summed E-state index contributed by atoms with van der Waals surface area (Å²) in [4.78, 5) is 6.62. The molecule has 0 saturated carbocycles. The molecule has 0 unspecified atom stereocenters. The number of benzene rings is 1. The van der Waals surface area contributed by atoms with E-state index in [0.29, 0.717) is 0 Å². The first kappa shape index (κ1) is 13.5. The van der Waals surface area contributed by atoms with Crippen LogP contribution in [0, 0.1) is 0 Å². The van der Waals surface area contributed by atoms with Gasteiger partial charge in [-0.25, -0.2) is 4.98 Å². The summed E-state index contributed by atoms with van der Waals surface area (Å²) in [7, 11) is 1.92. The molecule has 2 N–H and O–H groups in total. The van der Waals surface area contributed by atoms with Crippen LogP contribution in [-0.2, 0) is 20.1 Å². The van der Waals surface area contributed by atoms with Gasteiger partial charge < -0.3 is 5.73 Å². The van der Waals surface area contributed by atoms with Crippen molar-refractivity contribution in [1.29, 1.82) is 0 Å². The molecule has 1 aromatic carbocycles. The molecule has 0 radical (unpaired) electrons. The second-order valence-electron chi connectivity index (χ2n) is 4.71. The third-order valence-corrected chi connectivity index (χ3v) is 3.16. The molecule has 0 bridgehead atoms. The molecule has 0 spiro atoms. The van der Waals surface area contributed by atoms with Crippen molar-refractivity contribution in [2.75, 3.05) is 12.3 Å². The van der Waals surface area contributed by atoms with Crippen molar-refractivity contribution in [2.24, 2.45) is 7.05 Å². The summed E-state index contributed by atoms with van der Waals surface area (Å²) in [6.07, 6.45) is 2.70. The fraction of sp³-hybridized carbons (Fsp3) is 0.429. The minimum atomic E-state index is 0.790. The molecule has 0 saturated heterocycles. The number of para-hydroxylation sites is 1. The molecule has 0 amide bonds. The first-order chi connectivity index (χ1) is 9.20. The number of hydrogen-bond acceptors (Lipinski definition) is 4. The Morgan fingerprint density at radius 1 is 1.26 bits per heavy atom. The van der Waals surface area contributed by atoms with Crippen LogP contribution in [0.5, 0.6) is 0 Å². The van der Waals surface area contributed by atoms with Gasteiger partial charge >= 0.3 is 0 Å². The molecule has 5 nitrogen and oxygen atoms in total. The van der Waals surface area contributed by atoms with E-state index >= 15 is 0 Å². The van der Waals surface area contributed by atoms with Gasteiger partial charge in [-0.05, 0) is 24.6 Å². The van der Waals surface area contributed by atoms with Crippen molar-refractivity contribution in [3.63, 3.8) is 0 Å². The lowest BCUT2D eigenvalue weighted by Crippen LogP contribution is -2.25. The van der Waals surface area contributed by atoms with Crippen LogP contribution in [-0.4, -0.2) is 26.2 Å². The zero-order chi connectivity index (χ0) is 13.7. The Morgan fingerprint density at radius 2 is 2.05 bits per heavy atom. The molecule has 102 valence electrons. The van der Waals surface area contributed by atoms with Gasteiger partial charge in [0.25, 0.3) is 0 Å². The number of rotatable bonds is 6. The Morgan fingerprint density at radius 3 is 2.68 bits per heavy atom. The van der Waals surface area contributed by atoms with Crippen molar-refractivity contribution in [3.8, 4) is 0 Å². The van der Waals surface area contributed by atoms with Crippen molar-refractivity contribution in [3.05, 3.63) is 42.0 Å². The third kappa shape index (κ3) is 3.54. The highest BCUT2D eigenvalue weighted by atomic mass is 15.3. The first-order valence-corrected chi connectivity index (χ1v) is 6.59. The standard InChI is InChI=1S/C14H21N5/c1-3-8-19(10-14-16-11-17-18(14)2)9-12-6-4-5-7-13(12)15/h4-7,11H,3,8-10,15H2,1-2H3. The summed E-state index contributed by atoms with van der Waals surface area (Å²) in [5, 5.41) is 4.11. The Hall–Kier alpha value is -1.88. The molecule has 0 aliphatic heterocycles. The molecular formula is C14H21N5. The summed E-state index contributed by atoms with van der Waals surface area (Å²) in [6, 6.07) is 8.01. The Bertz CT molecular complexity index is 520. The molecule has 5 heteroatoms. The van der Waals surface area contributed by atoms with E-state index in [4.69, 9.17) is 5.73 Å². The summed E-state index contributed by atoms with van der Waals surface area (Å²) in [6.45, 7) is 4.82. The summed E-state index contributed by atoms with van der Waals surface area (Å²) >= 11 is 0. The molecular weight excluding hydrogens is 238 g/mol. The average molecular weight is 259 g/mol. The number of hydrogen-bond donors (Lipinski definition) is 1. The molecule has 0 aliphatic carbocycles. The van der Waals surface area contributed by atoms with E-state index in [1.165, 1.54) is 0 Å². The summed E-state index contributed by atoms with van der Waals surface area (Å²) < 4.78 is 1.82. The maximum Gasteiger partial charge on any atom is 0.140 e. The van der Waals surface area contributed by atoms with Gasteiger partial charge in [0.2, 0.25) is 0 Å². The van der Waals surface area contributed by atoms with Gasteiger partial charge in [0.05, 0.1) is 6.54 Å². The normalized spacial score (nSPS) is 11.1. The van der Waals surface area contributed by atoms with Crippen LogP contribution in [0.15, 0.2) is 30.6 Å². The minimum absolute atomic E-state index is 0.790. The zero-order valence-corrected chi connectivity index (χ0v) is 11.6. The number of nitrogens with zero attached hydrogens (tertiary/aromatic N) is 4. The minimum Gasteiger partial charge on any atom is -0.398 e. The van der Waals surface area contributed by atoms with Crippen molar-refractivity contribution in [1.82, 2.24) is 19.7 Å². The van der Waals surface area contributed by atoms with Gasteiger partial charge in [-0.2, -0.15) is 5.10 Å². The fourth-order valence-electron chi connectivity index (χ4n) is 2.11. The molecule has 0 atom stereocenters. The third-order valence-electron chi connectivity index (χ3n) is 3.16. The maximum atomic E-state index is 6.01. The van der Waals surface area contributed by atoms with E-state index in [2.05, 4.69) is 28.0 Å². The van der Waals surface area contributed by atoms with Crippen LogP contribution in [0.1, 0.15) is 24.7 Å². The van der Waals surface area contributed by atoms with E-state index in [1.54, 1.807) is 6.33 Å². The molecule has 1 heterocycles. The Kier molecular flexibility index (Phi) is 4.52. The highest BCUT2D eigenvalue weighted by Crippen LogP contribution is 2.15. The van der Waals surface area contributed by atoms with E-state index in [1.807, 2.05) is 29.9 Å². The second kappa shape index (κ2) is 6.33. The van der Waals surface area contributed by atoms with Gasteiger partial charge in [-0.1, -0.05) is 25.1 Å². The summed E-state index contributed by atoms with van der Waals surface area (Å²) in [5.74, 6) is 0.975. The van der Waals surface area contributed by atoms with Crippen molar-refractivity contribution in [2.45, 2.75) is 26.4 Å². The maximum absolute atomic E-state index is 6.01. The quantitative estimate of drug-likeness (QED) is 0.804. The molecule has 0 aliphatic rings. The number of aromatic nitrogens is 3. The fourth-order valence-corrected chi connectivity index (χ4v) is 2.11. The smallest absolute Gasteiger partial charge is 0.140 e. The largest absolute Gasteiger partial charge is 0.398 e. The van der Waals surface area contributed by atoms with Crippen molar-refractivity contribution >= 4 is 5.69 Å².